The molecule has 0 fully saturated rings. The summed E-state index contributed by atoms with van der Waals surface area (Å²) in [6.07, 6.45) is 0. The lowest BCUT2D eigenvalue weighted by molar-refractivity contribution is 1.55. The van der Waals surface area contributed by atoms with E-state index in [1.54, 1.807) is 10.8 Å². The van der Waals surface area contributed by atoms with Gasteiger partial charge in [-0.1, -0.05) is 72.3 Å². The van der Waals surface area contributed by atoms with Crippen LogP contribution in [0.3, 0.4) is 0 Å². The maximum atomic E-state index is 6.22. The Hall–Kier alpha value is -1.16. The van der Waals surface area contributed by atoms with Crippen LogP contribution in [0, 0.1) is 0 Å². The summed E-state index contributed by atoms with van der Waals surface area (Å²) >= 11 is 6.22. The summed E-state index contributed by atoms with van der Waals surface area (Å²) in [6.45, 7) is 0. The molecular weight excluding hydrogens is 294 g/mol. The van der Waals surface area contributed by atoms with E-state index in [0.717, 1.165) is 21.6 Å². The van der Waals surface area contributed by atoms with Gasteiger partial charge in [-0.2, -0.15) is 4.40 Å². The molecule has 0 saturated heterocycles. The second-order valence-corrected chi connectivity index (χ2v) is 6.19. The summed E-state index contributed by atoms with van der Waals surface area (Å²) in [5, 5.41) is 0.581. The van der Waals surface area contributed by atoms with Crippen LogP contribution in [0.2, 0.25) is 0 Å². The van der Waals surface area contributed by atoms with E-state index in [-0.39, 0.29) is 0 Å². The van der Waals surface area contributed by atoms with Gasteiger partial charge in [0.1, 0.15) is 0 Å². The third kappa shape index (κ3) is 2.73. The lowest BCUT2D eigenvalue weighted by atomic mass is 9.97. The van der Waals surface area contributed by atoms with Crippen molar-refractivity contribution in [2.75, 3.05) is 0 Å². The molecule has 0 aliphatic carbocycles. The van der Waals surface area contributed by atoms with Crippen LogP contribution in [0.4, 0.5) is 0 Å². The zero-order valence-electron chi connectivity index (χ0n) is 9.92. The van der Waals surface area contributed by atoms with Gasteiger partial charge in [-0.05, 0) is 21.9 Å². The number of rotatable bonds is 2. The monoisotopic (exact) mass is 303 g/mol. The Bertz CT molecular complexity index is 594. The zero-order valence-corrected chi connectivity index (χ0v) is 12.3. The summed E-state index contributed by atoms with van der Waals surface area (Å²) in [5.41, 5.74) is 3.46. The molecular formula is C15H10ClNS2. The molecule has 4 heteroatoms. The molecule has 0 unspecified atom stereocenters. The normalized spacial score (nSPS) is 14.4. The average Bonchev–Trinajstić information content (AvgIpc) is 2.88. The average molecular weight is 304 g/mol. The van der Waals surface area contributed by atoms with Gasteiger partial charge >= 0.3 is 0 Å². The van der Waals surface area contributed by atoms with Gasteiger partial charge in [0.2, 0.25) is 0 Å². The molecule has 1 nitrogen and oxygen atoms in total. The topological polar surface area (TPSA) is 12.4 Å². The Morgan fingerprint density at radius 1 is 0.842 bits per heavy atom. The molecule has 2 aromatic rings. The highest BCUT2D eigenvalue weighted by Crippen LogP contribution is 2.45. The highest BCUT2D eigenvalue weighted by molar-refractivity contribution is 8.78. The van der Waals surface area contributed by atoms with Crippen LogP contribution in [0.5, 0.6) is 0 Å². The maximum Gasteiger partial charge on any atom is 0.153 e. The zero-order chi connectivity index (χ0) is 13.1. The van der Waals surface area contributed by atoms with Crippen molar-refractivity contribution in [3.05, 3.63) is 76.7 Å². The molecule has 0 saturated carbocycles. The fourth-order valence-corrected chi connectivity index (χ4v) is 4.33. The lowest BCUT2D eigenvalue weighted by Crippen LogP contribution is -1.95. The molecule has 0 atom stereocenters. The first-order chi connectivity index (χ1) is 9.36. The fraction of sp³-hybridized carbons (Fsp3) is 0. The van der Waals surface area contributed by atoms with Crippen LogP contribution >= 0.6 is 33.4 Å². The van der Waals surface area contributed by atoms with Gasteiger partial charge in [0.05, 0.1) is 15.9 Å². The molecule has 94 valence electrons. The van der Waals surface area contributed by atoms with Crippen molar-refractivity contribution in [1.82, 2.24) is 0 Å². The Morgan fingerprint density at radius 2 is 1.37 bits per heavy atom. The minimum atomic E-state index is 0.581. The number of hydrogen-bond donors (Lipinski definition) is 0. The van der Waals surface area contributed by atoms with Crippen LogP contribution in [0.15, 0.2) is 70.0 Å². The summed E-state index contributed by atoms with van der Waals surface area (Å²) in [4.78, 5) is 1.03. The van der Waals surface area contributed by atoms with Crippen molar-refractivity contribution in [1.29, 1.82) is 0 Å². The number of allylic oxidation sites excluding steroid dienone is 1. The number of nitrogens with zero attached hydrogens (tertiary/aromatic N) is 1. The standard InChI is InChI=1S/C15H10ClNS2/c16-15-14(18-19-17-15)13(11-7-3-1-4-8-11)12-9-5-2-6-10-12/h1-10H. The third-order valence-electron chi connectivity index (χ3n) is 2.78. The van der Waals surface area contributed by atoms with Crippen LogP contribution in [-0.2, 0) is 0 Å². The highest BCUT2D eigenvalue weighted by atomic mass is 35.5. The highest BCUT2D eigenvalue weighted by Gasteiger charge is 2.20. The molecule has 3 rings (SSSR count). The summed E-state index contributed by atoms with van der Waals surface area (Å²) in [6, 6.07) is 20.6. The Balaban J connectivity index is 2.21. The van der Waals surface area contributed by atoms with Crippen LogP contribution in [0.1, 0.15) is 11.1 Å². The van der Waals surface area contributed by atoms with Crippen molar-refractivity contribution in [3.8, 4) is 0 Å². The van der Waals surface area contributed by atoms with Gasteiger partial charge < -0.3 is 0 Å². The first-order valence-corrected chi connectivity index (χ1v) is 8.27. The first-order valence-electron chi connectivity index (χ1n) is 5.79. The lowest BCUT2D eigenvalue weighted by Gasteiger charge is -2.11. The van der Waals surface area contributed by atoms with E-state index in [1.165, 1.54) is 11.0 Å². The fourth-order valence-electron chi connectivity index (χ4n) is 1.95. The number of benzene rings is 2. The molecule has 1 aliphatic heterocycles. The maximum absolute atomic E-state index is 6.22. The van der Waals surface area contributed by atoms with Gasteiger partial charge in [-0.3, -0.25) is 0 Å². The second kappa shape index (κ2) is 5.87. The Morgan fingerprint density at radius 3 is 1.79 bits per heavy atom. The van der Waals surface area contributed by atoms with Crippen LogP contribution in [0.25, 0.3) is 5.57 Å². The molecule has 19 heavy (non-hydrogen) atoms. The Labute approximate surface area is 125 Å². The molecule has 0 N–H and O–H groups in total. The van der Waals surface area contributed by atoms with Gasteiger partial charge in [0, 0.05) is 5.57 Å². The summed E-state index contributed by atoms with van der Waals surface area (Å²) in [5.74, 6) is 0. The smallest absolute Gasteiger partial charge is 0.153 e. The van der Waals surface area contributed by atoms with Crippen molar-refractivity contribution < 1.29 is 0 Å². The molecule has 0 bridgehead atoms. The SMILES string of the molecule is ClC1=NSSC1=C(c1ccccc1)c1ccccc1. The quantitative estimate of drug-likeness (QED) is 0.544. The molecule has 0 aromatic heterocycles. The molecule has 0 radical (unpaired) electrons. The van der Waals surface area contributed by atoms with Gasteiger partial charge in [-0.15, -0.1) is 0 Å². The van der Waals surface area contributed by atoms with E-state index in [1.807, 2.05) is 36.4 Å². The molecule has 0 spiro atoms. The summed E-state index contributed by atoms with van der Waals surface area (Å²) in [7, 11) is 3.03. The van der Waals surface area contributed by atoms with Gasteiger partial charge in [0.25, 0.3) is 0 Å². The van der Waals surface area contributed by atoms with Crippen molar-refractivity contribution in [2.24, 2.45) is 4.40 Å². The molecule has 1 aliphatic rings. The van der Waals surface area contributed by atoms with Gasteiger partial charge in [0.15, 0.2) is 5.17 Å². The van der Waals surface area contributed by atoms with E-state index < -0.39 is 0 Å². The van der Waals surface area contributed by atoms with Crippen LogP contribution in [-0.4, -0.2) is 5.17 Å². The van der Waals surface area contributed by atoms with Crippen molar-refractivity contribution in [3.63, 3.8) is 0 Å². The van der Waals surface area contributed by atoms with Crippen molar-refractivity contribution in [2.45, 2.75) is 0 Å². The summed E-state index contributed by atoms with van der Waals surface area (Å²) < 4.78 is 4.19. The van der Waals surface area contributed by atoms with Crippen molar-refractivity contribution >= 4 is 44.1 Å². The predicted molar refractivity (Wildman–Crippen MR) is 87.4 cm³/mol. The van der Waals surface area contributed by atoms with E-state index in [4.69, 9.17) is 11.6 Å². The molecule has 2 aromatic carbocycles. The van der Waals surface area contributed by atoms with E-state index in [2.05, 4.69) is 28.7 Å². The molecule has 1 heterocycles. The minimum absolute atomic E-state index is 0.581. The van der Waals surface area contributed by atoms with Gasteiger partial charge in [-0.25, -0.2) is 0 Å². The third-order valence-corrected chi connectivity index (χ3v) is 5.11. The largest absolute Gasteiger partial charge is 0.191 e. The number of hydrogen-bond acceptors (Lipinski definition) is 3. The van der Waals surface area contributed by atoms with E-state index >= 15 is 0 Å². The van der Waals surface area contributed by atoms with E-state index in [0.29, 0.717) is 5.17 Å². The van der Waals surface area contributed by atoms with E-state index in [9.17, 15) is 0 Å². The number of halogens is 1. The minimum Gasteiger partial charge on any atom is -0.191 e. The molecule has 0 amide bonds. The predicted octanol–water partition coefficient (Wildman–Crippen LogP) is 5.39. The second-order valence-electron chi connectivity index (χ2n) is 3.98. The Kier molecular flexibility index (Phi) is 3.97. The van der Waals surface area contributed by atoms with Crippen LogP contribution < -0.4 is 0 Å². The first kappa shape index (κ1) is 12.9.